The lowest BCUT2D eigenvalue weighted by Gasteiger charge is -2.29. The van der Waals surface area contributed by atoms with Gasteiger partial charge in [0.1, 0.15) is 19.8 Å². The Bertz CT molecular complexity index is 973. The summed E-state index contributed by atoms with van der Waals surface area (Å²) >= 11 is 0. The Labute approximate surface area is 291 Å². The molecular weight excluding hydrogens is 657 g/mol. The topological polar surface area (TPSA) is 167 Å². The highest BCUT2D eigenvalue weighted by atomic mass is 28.4. The van der Waals surface area contributed by atoms with Crippen molar-refractivity contribution in [2.24, 2.45) is 11.8 Å². The summed E-state index contributed by atoms with van der Waals surface area (Å²) in [4.78, 5) is 35.8. The van der Waals surface area contributed by atoms with Crippen LogP contribution in [0.3, 0.4) is 0 Å². The number of nitriles is 1. The molecular formula is C32H64N4O10Si2. The van der Waals surface area contributed by atoms with Crippen molar-refractivity contribution in [1.82, 2.24) is 15.5 Å². The van der Waals surface area contributed by atoms with Crippen molar-refractivity contribution in [3.63, 3.8) is 0 Å². The Morgan fingerprint density at radius 3 is 1.67 bits per heavy atom. The van der Waals surface area contributed by atoms with Crippen LogP contribution in [0.2, 0.25) is 25.2 Å². The predicted octanol–water partition coefficient (Wildman–Crippen LogP) is 4.34. The van der Waals surface area contributed by atoms with Gasteiger partial charge in [0, 0.05) is 52.7 Å². The highest BCUT2D eigenvalue weighted by molar-refractivity contribution is 6.66. The SMILES string of the molecule is C=C(C)C(=O)OCCNC(=O)N(CC)CC(C)C[Si](C)(OC)OC.C=C(C)C(=O)OCCOC#N.CCNCC(C)C[Si](C)(OC)OC. The lowest BCUT2D eigenvalue weighted by atomic mass is 10.2. The molecule has 0 aromatic carbocycles. The molecule has 0 bridgehead atoms. The molecule has 0 heterocycles. The standard InChI is InChI=1S/C16H32N2O5Si.C9H23NO2Si.C7H9NO3/c1-8-18(11-14(4)12-24(7,21-5)22-6)16(20)17-9-10-23-15(19)13(2)3;1-6-10-7-9(2)8-13(5,11-3)12-4;1-6(2)7(9)11-4-3-10-5-8/h14H,2,8-12H2,1,3-7H3,(H,17,20);9-10H,6-8H2,1-5H3;1,3-4H2,2H3. The van der Waals surface area contributed by atoms with E-state index in [1.54, 1.807) is 47.2 Å². The summed E-state index contributed by atoms with van der Waals surface area (Å²) in [6.07, 6.45) is 1.46. The number of urea groups is 1. The van der Waals surface area contributed by atoms with E-state index >= 15 is 0 Å². The van der Waals surface area contributed by atoms with E-state index in [0.29, 0.717) is 30.2 Å². The molecule has 2 N–H and O–H groups in total. The van der Waals surface area contributed by atoms with E-state index in [1.165, 1.54) is 6.26 Å². The smallest absolute Gasteiger partial charge is 0.334 e. The molecule has 0 aliphatic carbocycles. The highest BCUT2D eigenvalue weighted by Crippen LogP contribution is 2.19. The molecule has 280 valence electrons. The number of rotatable bonds is 22. The van der Waals surface area contributed by atoms with Crippen LogP contribution in [0, 0.1) is 23.4 Å². The minimum atomic E-state index is -2.15. The summed E-state index contributed by atoms with van der Waals surface area (Å²) in [5.74, 6) is -0.0369. The summed E-state index contributed by atoms with van der Waals surface area (Å²) < 4.78 is 35.6. The Hall–Kier alpha value is -2.79. The van der Waals surface area contributed by atoms with Gasteiger partial charge < -0.3 is 47.4 Å². The van der Waals surface area contributed by atoms with Gasteiger partial charge in [0.15, 0.2) is 0 Å². The molecule has 0 rings (SSSR count). The van der Waals surface area contributed by atoms with Crippen molar-refractivity contribution in [2.75, 3.05) is 81.0 Å². The Kier molecular flexibility index (Phi) is 30.1. The number of nitrogens with zero attached hydrogens (tertiary/aromatic N) is 2. The van der Waals surface area contributed by atoms with Crippen LogP contribution < -0.4 is 10.6 Å². The summed E-state index contributed by atoms with van der Waals surface area (Å²) in [7, 11) is 2.82. The third-order valence-corrected chi connectivity index (χ3v) is 13.2. The predicted molar refractivity (Wildman–Crippen MR) is 192 cm³/mol. The lowest BCUT2D eigenvalue weighted by molar-refractivity contribution is -0.140. The van der Waals surface area contributed by atoms with Crippen LogP contribution in [-0.2, 0) is 41.5 Å². The maximum absolute atomic E-state index is 12.2. The van der Waals surface area contributed by atoms with Crippen molar-refractivity contribution in [2.45, 2.75) is 66.7 Å². The van der Waals surface area contributed by atoms with Crippen molar-refractivity contribution in [3.8, 4) is 6.26 Å². The molecule has 0 aliphatic heterocycles. The van der Waals surface area contributed by atoms with Gasteiger partial charge in [-0.25, -0.2) is 14.4 Å². The van der Waals surface area contributed by atoms with Gasteiger partial charge >= 0.3 is 35.1 Å². The van der Waals surface area contributed by atoms with E-state index in [0.717, 1.165) is 25.2 Å². The van der Waals surface area contributed by atoms with Gasteiger partial charge in [0.25, 0.3) is 6.26 Å². The summed E-state index contributed by atoms with van der Waals surface area (Å²) in [6.45, 7) is 26.3. The molecule has 0 aromatic heterocycles. The third kappa shape index (κ3) is 26.2. The summed E-state index contributed by atoms with van der Waals surface area (Å²) in [6, 6.07) is 1.68. The average molecular weight is 721 g/mol. The minimum Gasteiger partial charge on any atom is -0.460 e. The third-order valence-electron chi connectivity index (χ3n) is 6.90. The maximum atomic E-state index is 12.2. The van der Waals surface area contributed by atoms with E-state index in [1.807, 2.05) is 13.5 Å². The zero-order valence-corrected chi connectivity index (χ0v) is 33.6. The van der Waals surface area contributed by atoms with Gasteiger partial charge in [0.2, 0.25) is 0 Å². The van der Waals surface area contributed by atoms with Gasteiger partial charge in [-0.05, 0) is 70.9 Å². The zero-order valence-electron chi connectivity index (χ0n) is 31.6. The first-order valence-corrected chi connectivity index (χ1v) is 21.1. The number of nitrogens with one attached hydrogen (secondary N) is 2. The fraction of sp³-hybridized carbons (Fsp3) is 0.750. The quantitative estimate of drug-likeness (QED) is 0.0535. The van der Waals surface area contributed by atoms with Crippen LogP contribution in [0.25, 0.3) is 0 Å². The second-order valence-corrected chi connectivity index (χ2v) is 18.5. The monoisotopic (exact) mass is 720 g/mol. The van der Waals surface area contributed by atoms with Gasteiger partial charge in [0.05, 0.1) is 6.54 Å². The number of hydrogen-bond donors (Lipinski definition) is 2. The Morgan fingerprint density at radius 1 is 0.812 bits per heavy atom. The molecule has 16 heteroatoms. The first-order valence-electron chi connectivity index (χ1n) is 16.0. The average Bonchev–Trinajstić information content (AvgIpc) is 3.06. The van der Waals surface area contributed by atoms with Crippen LogP contribution in [0.4, 0.5) is 4.79 Å². The van der Waals surface area contributed by atoms with Gasteiger partial charge in [-0.15, -0.1) is 0 Å². The molecule has 0 fully saturated rings. The van der Waals surface area contributed by atoms with Crippen molar-refractivity contribution in [1.29, 1.82) is 5.26 Å². The largest absolute Gasteiger partial charge is 0.460 e. The van der Waals surface area contributed by atoms with Crippen molar-refractivity contribution in [3.05, 3.63) is 24.3 Å². The Balaban J connectivity index is -0.000000707. The molecule has 2 atom stereocenters. The molecule has 0 saturated carbocycles. The first kappa shape index (κ1) is 49.6. The van der Waals surface area contributed by atoms with Crippen LogP contribution in [0.5, 0.6) is 0 Å². The van der Waals surface area contributed by atoms with E-state index < -0.39 is 29.1 Å². The van der Waals surface area contributed by atoms with E-state index in [-0.39, 0.29) is 38.3 Å². The van der Waals surface area contributed by atoms with E-state index in [9.17, 15) is 14.4 Å². The van der Waals surface area contributed by atoms with Crippen LogP contribution in [0.15, 0.2) is 24.3 Å². The second kappa shape index (κ2) is 29.2. The minimum absolute atomic E-state index is 0.0826. The molecule has 0 aromatic rings. The molecule has 14 nitrogen and oxygen atoms in total. The summed E-state index contributed by atoms with van der Waals surface area (Å²) in [5, 5.41) is 14.0. The van der Waals surface area contributed by atoms with Gasteiger partial charge in [-0.3, -0.25) is 0 Å². The molecule has 0 aliphatic rings. The van der Waals surface area contributed by atoms with E-state index in [2.05, 4.69) is 60.6 Å². The molecule has 0 radical (unpaired) electrons. The number of ether oxygens (including phenoxy) is 3. The zero-order chi connectivity index (χ0) is 37.8. The molecule has 0 spiro atoms. The first-order chi connectivity index (χ1) is 22.4. The van der Waals surface area contributed by atoms with Crippen molar-refractivity contribution >= 4 is 35.1 Å². The molecule has 0 saturated heterocycles. The molecule has 2 amide bonds. The number of hydrogen-bond acceptors (Lipinski definition) is 12. The lowest BCUT2D eigenvalue weighted by Crippen LogP contribution is -2.45. The number of carbonyl (C=O) groups excluding carboxylic acids is 3. The maximum Gasteiger partial charge on any atom is 0.334 e. The van der Waals surface area contributed by atoms with Crippen molar-refractivity contribution < 1.29 is 46.3 Å². The number of amides is 2. The molecule has 2 unspecified atom stereocenters. The van der Waals surface area contributed by atoms with Crippen LogP contribution in [-0.4, -0.2) is 121 Å². The van der Waals surface area contributed by atoms with Crippen LogP contribution >= 0.6 is 0 Å². The van der Waals surface area contributed by atoms with Gasteiger partial charge in [-0.2, -0.15) is 5.26 Å². The summed E-state index contributed by atoms with van der Waals surface area (Å²) in [5.41, 5.74) is 0.677. The number of esters is 2. The van der Waals surface area contributed by atoms with Gasteiger partial charge in [-0.1, -0.05) is 33.9 Å². The normalized spacial score (nSPS) is 12.0. The second-order valence-electron chi connectivity index (χ2n) is 11.6. The van der Waals surface area contributed by atoms with Crippen LogP contribution in [0.1, 0.15) is 41.5 Å². The number of carbonyl (C=O) groups is 3. The highest BCUT2D eigenvalue weighted by Gasteiger charge is 2.32. The Morgan fingerprint density at radius 2 is 1.27 bits per heavy atom. The van der Waals surface area contributed by atoms with E-state index in [4.69, 9.17) is 27.7 Å². The molecule has 48 heavy (non-hydrogen) atoms. The fourth-order valence-corrected chi connectivity index (χ4v) is 7.71. The fourth-order valence-electron chi connectivity index (χ4n) is 3.91.